The van der Waals surface area contributed by atoms with Crippen LogP contribution in [0, 0.1) is 5.92 Å². The lowest BCUT2D eigenvalue weighted by Crippen LogP contribution is -2.38. The Morgan fingerprint density at radius 1 is 1.17 bits per heavy atom. The topological polar surface area (TPSA) is 58.4 Å². The summed E-state index contributed by atoms with van der Waals surface area (Å²) < 4.78 is 44.8. The Kier molecular flexibility index (Phi) is 5.24. The van der Waals surface area contributed by atoms with Gasteiger partial charge in [0.2, 0.25) is 5.91 Å². The van der Waals surface area contributed by atoms with E-state index in [2.05, 4.69) is 26.2 Å². The summed E-state index contributed by atoms with van der Waals surface area (Å²) in [7, 11) is 0. The minimum Gasteiger partial charge on any atom is -0.423 e. The first-order valence-corrected chi connectivity index (χ1v) is 9.89. The molecule has 0 bridgehead atoms. The van der Waals surface area contributed by atoms with Crippen LogP contribution in [-0.4, -0.2) is 24.0 Å². The molecule has 1 aromatic heterocycles. The van der Waals surface area contributed by atoms with Gasteiger partial charge >= 0.3 is 6.18 Å². The van der Waals surface area contributed by atoms with Crippen LogP contribution in [0.4, 0.5) is 24.9 Å². The first-order valence-electron chi connectivity index (χ1n) is 9.09. The number of aromatic nitrogens is 1. The van der Waals surface area contributed by atoms with Gasteiger partial charge in [0, 0.05) is 29.2 Å². The minimum atomic E-state index is -4.50. The van der Waals surface area contributed by atoms with E-state index in [4.69, 9.17) is 4.42 Å². The molecule has 9 heteroatoms. The number of rotatable bonds is 3. The van der Waals surface area contributed by atoms with Crippen LogP contribution in [0.3, 0.4) is 0 Å². The van der Waals surface area contributed by atoms with Gasteiger partial charge in [0.25, 0.3) is 6.01 Å². The van der Waals surface area contributed by atoms with Gasteiger partial charge in [0.15, 0.2) is 5.58 Å². The van der Waals surface area contributed by atoms with Crippen LogP contribution < -0.4 is 10.2 Å². The third-order valence-corrected chi connectivity index (χ3v) is 5.65. The first-order chi connectivity index (χ1) is 13.8. The molecule has 3 aromatic rings. The van der Waals surface area contributed by atoms with Crippen LogP contribution in [0.5, 0.6) is 0 Å². The predicted molar refractivity (Wildman–Crippen MR) is 107 cm³/mol. The molecule has 5 nitrogen and oxygen atoms in total. The fourth-order valence-electron chi connectivity index (χ4n) is 3.39. The highest BCUT2D eigenvalue weighted by molar-refractivity contribution is 9.10. The number of carbonyl (C=O) groups excluding carboxylic acids is 1. The van der Waals surface area contributed by atoms with Gasteiger partial charge in [0.05, 0.1) is 5.56 Å². The lowest BCUT2D eigenvalue weighted by molar-refractivity contribution is -0.138. The molecule has 1 aliphatic heterocycles. The summed E-state index contributed by atoms with van der Waals surface area (Å²) in [4.78, 5) is 19.0. The number of para-hydroxylation sites is 2. The predicted octanol–water partition coefficient (Wildman–Crippen LogP) is 5.46. The molecule has 1 amide bonds. The average molecular weight is 468 g/mol. The van der Waals surface area contributed by atoms with Crippen molar-refractivity contribution < 1.29 is 22.4 Å². The van der Waals surface area contributed by atoms with E-state index >= 15 is 0 Å². The number of amides is 1. The molecule has 0 aliphatic carbocycles. The van der Waals surface area contributed by atoms with Crippen molar-refractivity contribution in [3.63, 3.8) is 0 Å². The zero-order valence-corrected chi connectivity index (χ0v) is 16.8. The molecule has 0 spiro atoms. The number of alkyl halides is 3. The maximum Gasteiger partial charge on any atom is 0.417 e. The van der Waals surface area contributed by atoms with Crippen LogP contribution >= 0.6 is 15.9 Å². The fourth-order valence-corrected chi connectivity index (χ4v) is 3.86. The molecule has 4 rings (SSSR count). The molecule has 0 atom stereocenters. The van der Waals surface area contributed by atoms with E-state index in [1.165, 1.54) is 12.1 Å². The van der Waals surface area contributed by atoms with Gasteiger partial charge in [-0.05, 0) is 43.2 Å². The summed E-state index contributed by atoms with van der Waals surface area (Å²) in [6, 6.07) is 11.7. The first kappa shape index (κ1) is 19.8. The van der Waals surface area contributed by atoms with Crippen LogP contribution in [0.25, 0.3) is 11.1 Å². The van der Waals surface area contributed by atoms with E-state index in [-0.39, 0.29) is 22.0 Å². The highest BCUT2D eigenvalue weighted by atomic mass is 79.9. The summed E-state index contributed by atoms with van der Waals surface area (Å²) in [6.45, 7) is 1.16. The Balaban J connectivity index is 1.39. The monoisotopic (exact) mass is 467 g/mol. The number of benzene rings is 2. The highest BCUT2D eigenvalue weighted by Gasteiger charge is 2.33. The molecule has 1 fully saturated rings. The lowest BCUT2D eigenvalue weighted by Gasteiger charge is -2.30. The molecule has 1 N–H and O–H groups in total. The number of oxazole rings is 1. The van der Waals surface area contributed by atoms with Gasteiger partial charge in [0.1, 0.15) is 5.52 Å². The zero-order valence-electron chi connectivity index (χ0n) is 15.2. The quantitative estimate of drug-likeness (QED) is 0.555. The van der Waals surface area contributed by atoms with Crippen LogP contribution in [0.2, 0.25) is 0 Å². The van der Waals surface area contributed by atoms with Crippen molar-refractivity contribution in [3.05, 3.63) is 52.5 Å². The Bertz CT molecular complexity index is 1010. The third kappa shape index (κ3) is 4.24. The summed E-state index contributed by atoms with van der Waals surface area (Å²) in [5, 5.41) is 2.61. The summed E-state index contributed by atoms with van der Waals surface area (Å²) in [6.07, 6.45) is -3.37. The van der Waals surface area contributed by atoms with Crippen molar-refractivity contribution in [1.82, 2.24) is 4.98 Å². The number of hydrogen-bond donors (Lipinski definition) is 1. The number of hydrogen-bond acceptors (Lipinski definition) is 4. The van der Waals surface area contributed by atoms with Crippen molar-refractivity contribution in [2.75, 3.05) is 23.3 Å². The van der Waals surface area contributed by atoms with Gasteiger partial charge < -0.3 is 14.6 Å². The standard InChI is InChI=1S/C20H17BrF3N3O2/c21-15-6-5-13(11-14(15)20(22,23)24)25-18(28)12-7-9-27(10-8-12)19-26-16-3-1-2-4-17(16)29-19/h1-6,11-12H,7-10H2,(H,25,28). The Morgan fingerprint density at radius 3 is 2.59 bits per heavy atom. The van der Waals surface area contributed by atoms with Gasteiger partial charge in [-0.3, -0.25) is 4.79 Å². The maximum atomic E-state index is 13.0. The summed E-state index contributed by atoms with van der Waals surface area (Å²) in [5.41, 5.74) is 0.795. The Labute approximate surface area is 173 Å². The molecule has 2 aromatic carbocycles. The fraction of sp³-hybridized carbons (Fsp3) is 0.300. The number of piperidine rings is 1. The third-order valence-electron chi connectivity index (χ3n) is 4.96. The number of nitrogens with one attached hydrogen (secondary N) is 1. The van der Waals surface area contributed by atoms with E-state index in [0.717, 1.165) is 11.6 Å². The summed E-state index contributed by atoms with van der Waals surface area (Å²) >= 11 is 2.90. The molecule has 152 valence electrons. The van der Waals surface area contributed by atoms with Gasteiger partial charge in [-0.1, -0.05) is 28.1 Å². The molecule has 2 heterocycles. The molecular weight excluding hydrogens is 451 g/mol. The van der Waals surface area contributed by atoms with Crippen LogP contribution in [0.15, 0.2) is 51.4 Å². The van der Waals surface area contributed by atoms with E-state index in [9.17, 15) is 18.0 Å². The van der Waals surface area contributed by atoms with Crippen molar-refractivity contribution in [2.45, 2.75) is 19.0 Å². The number of halogens is 4. The van der Waals surface area contributed by atoms with E-state index in [1.54, 1.807) is 0 Å². The Morgan fingerprint density at radius 2 is 1.90 bits per heavy atom. The lowest BCUT2D eigenvalue weighted by atomic mass is 9.96. The molecule has 0 unspecified atom stereocenters. The molecule has 29 heavy (non-hydrogen) atoms. The van der Waals surface area contributed by atoms with E-state index in [0.29, 0.717) is 37.5 Å². The second-order valence-corrected chi connectivity index (χ2v) is 7.76. The number of nitrogens with zero attached hydrogens (tertiary/aromatic N) is 2. The SMILES string of the molecule is O=C(Nc1ccc(Br)c(C(F)(F)F)c1)C1CCN(c2nc3ccccc3o2)CC1. The Hall–Kier alpha value is -2.55. The second-order valence-electron chi connectivity index (χ2n) is 6.91. The molecule has 0 radical (unpaired) electrons. The molecule has 0 saturated carbocycles. The zero-order chi connectivity index (χ0) is 20.6. The van der Waals surface area contributed by atoms with Crippen LogP contribution in [-0.2, 0) is 11.0 Å². The molecule has 1 aliphatic rings. The highest BCUT2D eigenvalue weighted by Crippen LogP contribution is 2.36. The largest absolute Gasteiger partial charge is 0.423 e. The van der Waals surface area contributed by atoms with Crippen molar-refractivity contribution in [3.8, 4) is 0 Å². The summed E-state index contributed by atoms with van der Waals surface area (Å²) in [5.74, 6) is -0.564. The molecular formula is C20H17BrF3N3O2. The van der Waals surface area contributed by atoms with E-state index in [1.807, 2.05) is 29.2 Å². The van der Waals surface area contributed by atoms with Gasteiger partial charge in [-0.2, -0.15) is 18.2 Å². The van der Waals surface area contributed by atoms with Gasteiger partial charge in [-0.25, -0.2) is 0 Å². The van der Waals surface area contributed by atoms with Crippen LogP contribution in [0.1, 0.15) is 18.4 Å². The smallest absolute Gasteiger partial charge is 0.417 e. The van der Waals surface area contributed by atoms with Gasteiger partial charge in [-0.15, -0.1) is 0 Å². The number of carbonyl (C=O) groups is 1. The number of fused-ring (bicyclic) bond motifs is 1. The number of anilines is 2. The maximum absolute atomic E-state index is 13.0. The minimum absolute atomic E-state index is 0.0605. The normalized spacial score (nSPS) is 15.7. The van der Waals surface area contributed by atoms with Crippen molar-refractivity contribution >= 4 is 44.6 Å². The average Bonchev–Trinajstić information content (AvgIpc) is 3.13. The van der Waals surface area contributed by atoms with E-state index < -0.39 is 11.7 Å². The second kappa shape index (κ2) is 7.70. The van der Waals surface area contributed by atoms with Crippen molar-refractivity contribution in [2.24, 2.45) is 5.92 Å². The molecule has 1 saturated heterocycles. The van der Waals surface area contributed by atoms with Crippen molar-refractivity contribution in [1.29, 1.82) is 0 Å².